The third kappa shape index (κ3) is 3.65. The first-order valence-corrected chi connectivity index (χ1v) is 9.03. The van der Waals surface area contributed by atoms with E-state index in [0.717, 1.165) is 35.9 Å². The van der Waals surface area contributed by atoms with Crippen LogP contribution in [0.2, 0.25) is 5.02 Å². The van der Waals surface area contributed by atoms with Crippen molar-refractivity contribution in [1.82, 2.24) is 10.2 Å². The molecule has 3 amide bonds. The van der Waals surface area contributed by atoms with Crippen LogP contribution < -0.4 is 5.32 Å². The van der Waals surface area contributed by atoms with E-state index >= 15 is 0 Å². The number of hydrogen-bond acceptors (Lipinski definition) is 4. The summed E-state index contributed by atoms with van der Waals surface area (Å²) < 4.78 is 0. The summed E-state index contributed by atoms with van der Waals surface area (Å²) in [5.74, 6) is -0.234. The summed E-state index contributed by atoms with van der Waals surface area (Å²) in [4.78, 5) is 37.7. The molecule has 24 heavy (non-hydrogen) atoms. The molecule has 2 fully saturated rings. The van der Waals surface area contributed by atoms with Crippen LogP contribution in [0.3, 0.4) is 0 Å². The highest BCUT2D eigenvalue weighted by atomic mass is 35.5. The Balaban J connectivity index is 1.59. The molecule has 0 atom stereocenters. The van der Waals surface area contributed by atoms with Crippen LogP contribution in [0.1, 0.15) is 24.8 Å². The molecule has 1 aliphatic carbocycles. The van der Waals surface area contributed by atoms with E-state index in [9.17, 15) is 14.4 Å². The summed E-state index contributed by atoms with van der Waals surface area (Å²) in [5.41, 5.74) is 0.697. The molecule has 1 aromatic rings. The third-order valence-corrected chi connectivity index (χ3v) is 5.43. The van der Waals surface area contributed by atoms with E-state index in [1.54, 1.807) is 24.3 Å². The Labute approximate surface area is 149 Å². The van der Waals surface area contributed by atoms with Crippen molar-refractivity contribution in [2.24, 2.45) is 5.92 Å². The van der Waals surface area contributed by atoms with E-state index in [2.05, 4.69) is 5.32 Å². The number of hydrogen-bond donors (Lipinski definition) is 1. The molecule has 2 aliphatic rings. The molecular formula is C17H17ClN2O3S. The van der Waals surface area contributed by atoms with E-state index in [0.29, 0.717) is 15.5 Å². The molecule has 1 saturated carbocycles. The number of benzene rings is 1. The van der Waals surface area contributed by atoms with Crippen molar-refractivity contribution >= 4 is 46.5 Å². The van der Waals surface area contributed by atoms with Gasteiger partial charge in [-0.3, -0.25) is 19.3 Å². The first-order valence-electron chi connectivity index (χ1n) is 7.84. The highest BCUT2D eigenvalue weighted by Gasteiger charge is 2.35. The van der Waals surface area contributed by atoms with Crippen molar-refractivity contribution in [1.29, 1.82) is 0 Å². The average molecular weight is 365 g/mol. The van der Waals surface area contributed by atoms with Gasteiger partial charge in [0.2, 0.25) is 5.91 Å². The highest BCUT2D eigenvalue weighted by molar-refractivity contribution is 8.18. The van der Waals surface area contributed by atoms with Crippen LogP contribution in [-0.4, -0.2) is 35.0 Å². The van der Waals surface area contributed by atoms with Gasteiger partial charge in [0, 0.05) is 24.0 Å². The Kier molecular flexibility index (Phi) is 5.26. The van der Waals surface area contributed by atoms with Gasteiger partial charge >= 0.3 is 0 Å². The summed E-state index contributed by atoms with van der Waals surface area (Å²) in [7, 11) is 0. The van der Waals surface area contributed by atoms with E-state index in [4.69, 9.17) is 11.6 Å². The van der Waals surface area contributed by atoms with Gasteiger partial charge in [-0.15, -0.1) is 0 Å². The highest BCUT2D eigenvalue weighted by Crippen LogP contribution is 2.33. The number of nitrogens with one attached hydrogen (secondary N) is 1. The Morgan fingerprint density at radius 2 is 2.08 bits per heavy atom. The fraction of sp³-hybridized carbons (Fsp3) is 0.353. The number of carbonyl (C=O) groups is 3. The van der Waals surface area contributed by atoms with Crippen LogP contribution in [-0.2, 0) is 9.59 Å². The van der Waals surface area contributed by atoms with Crippen LogP contribution in [0.25, 0.3) is 6.08 Å². The molecule has 0 unspecified atom stereocenters. The smallest absolute Gasteiger partial charge is 0.293 e. The van der Waals surface area contributed by atoms with E-state index in [1.807, 2.05) is 6.07 Å². The average Bonchev–Trinajstić information content (AvgIpc) is 2.75. The maximum Gasteiger partial charge on any atom is 0.293 e. The Morgan fingerprint density at radius 3 is 2.75 bits per heavy atom. The maximum atomic E-state index is 12.4. The number of amides is 3. The molecule has 0 bridgehead atoms. The molecule has 1 aromatic carbocycles. The Bertz CT molecular complexity index is 716. The number of thioether (sulfide) groups is 1. The third-order valence-electron chi connectivity index (χ3n) is 4.18. The largest absolute Gasteiger partial charge is 0.354 e. The molecule has 1 heterocycles. The van der Waals surface area contributed by atoms with Gasteiger partial charge in [-0.25, -0.2) is 0 Å². The molecule has 3 rings (SSSR count). The van der Waals surface area contributed by atoms with E-state index < -0.39 is 0 Å². The second kappa shape index (κ2) is 7.40. The van der Waals surface area contributed by atoms with Crippen LogP contribution in [0.15, 0.2) is 29.2 Å². The van der Waals surface area contributed by atoms with Crippen molar-refractivity contribution < 1.29 is 14.4 Å². The minimum Gasteiger partial charge on any atom is -0.354 e. The lowest BCUT2D eigenvalue weighted by atomic mass is 9.85. The molecule has 0 aromatic heterocycles. The predicted molar refractivity (Wildman–Crippen MR) is 94.5 cm³/mol. The second-order valence-electron chi connectivity index (χ2n) is 5.77. The molecule has 126 valence electrons. The lowest BCUT2D eigenvalue weighted by Crippen LogP contribution is -2.40. The topological polar surface area (TPSA) is 66.5 Å². The zero-order chi connectivity index (χ0) is 17.1. The molecule has 5 nitrogen and oxygen atoms in total. The van der Waals surface area contributed by atoms with Crippen LogP contribution in [0.4, 0.5) is 4.79 Å². The summed E-state index contributed by atoms with van der Waals surface area (Å²) in [6.07, 6.45) is 4.57. The summed E-state index contributed by atoms with van der Waals surface area (Å²) in [6.45, 7) is 0.468. The van der Waals surface area contributed by atoms with E-state index in [1.165, 1.54) is 0 Å². The number of carbonyl (C=O) groups excluding carboxylic acids is 3. The van der Waals surface area contributed by atoms with Crippen molar-refractivity contribution in [2.45, 2.75) is 19.3 Å². The lowest BCUT2D eigenvalue weighted by Gasteiger charge is -2.24. The molecule has 0 spiro atoms. The summed E-state index contributed by atoms with van der Waals surface area (Å²) >= 11 is 6.97. The van der Waals surface area contributed by atoms with Gasteiger partial charge in [0.25, 0.3) is 11.1 Å². The van der Waals surface area contributed by atoms with Crippen molar-refractivity contribution in [3.63, 3.8) is 0 Å². The number of nitrogens with zero attached hydrogens (tertiary/aromatic N) is 1. The number of rotatable bonds is 5. The molecule has 0 radical (unpaired) electrons. The second-order valence-corrected chi connectivity index (χ2v) is 7.17. The van der Waals surface area contributed by atoms with Crippen LogP contribution >= 0.6 is 23.4 Å². The van der Waals surface area contributed by atoms with Crippen molar-refractivity contribution in [3.05, 3.63) is 39.8 Å². The van der Waals surface area contributed by atoms with E-state index in [-0.39, 0.29) is 36.1 Å². The SMILES string of the molecule is O=C(NCCN1C(=O)S/C(=C\c2ccccc2Cl)C1=O)C1CCC1. The first kappa shape index (κ1) is 17.0. The van der Waals surface area contributed by atoms with Crippen molar-refractivity contribution in [3.8, 4) is 0 Å². The van der Waals surface area contributed by atoms with Gasteiger partial charge < -0.3 is 5.32 Å². The monoisotopic (exact) mass is 364 g/mol. The summed E-state index contributed by atoms with van der Waals surface area (Å²) in [5, 5.41) is 2.99. The number of halogens is 1. The molecule has 1 N–H and O–H groups in total. The lowest BCUT2D eigenvalue weighted by molar-refractivity contribution is -0.128. The fourth-order valence-corrected chi connectivity index (χ4v) is 3.58. The van der Waals surface area contributed by atoms with Crippen LogP contribution in [0, 0.1) is 5.92 Å². The fourth-order valence-electron chi connectivity index (χ4n) is 2.53. The van der Waals surface area contributed by atoms with Gasteiger partial charge in [-0.05, 0) is 42.3 Å². The normalized spacial score (nSPS) is 19.7. The molecule has 7 heteroatoms. The molecular weight excluding hydrogens is 348 g/mol. The summed E-state index contributed by atoms with van der Waals surface area (Å²) in [6, 6.07) is 7.14. The quantitative estimate of drug-likeness (QED) is 0.814. The zero-order valence-electron chi connectivity index (χ0n) is 13.0. The minimum atomic E-state index is -0.345. The zero-order valence-corrected chi connectivity index (χ0v) is 14.5. The predicted octanol–water partition coefficient (Wildman–Crippen LogP) is 3.29. The maximum absolute atomic E-state index is 12.4. The Morgan fingerprint density at radius 1 is 1.33 bits per heavy atom. The first-order chi connectivity index (χ1) is 11.6. The molecule has 1 saturated heterocycles. The Hall–Kier alpha value is -1.79. The van der Waals surface area contributed by atoms with Gasteiger partial charge in [-0.2, -0.15) is 0 Å². The minimum absolute atomic E-state index is 0.0137. The van der Waals surface area contributed by atoms with Gasteiger partial charge in [-0.1, -0.05) is 36.2 Å². The van der Waals surface area contributed by atoms with Gasteiger partial charge in [0.1, 0.15) is 0 Å². The molecule has 1 aliphatic heterocycles. The van der Waals surface area contributed by atoms with Gasteiger partial charge in [0.05, 0.1) is 4.91 Å². The number of imide groups is 1. The van der Waals surface area contributed by atoms with Crippen LogP contribution in [0.5, 0.6) is 0 Å². The van der Waals surface area contributed by atoms with Crippen molar-refractivity contribution in [2.75, 3.05) is 13.1 Å². The standard InChI is InChI=1S/C17H17ClN2O3S/c18-13-7-2-1-4-12(13)10-14-16(22)20(17(23)24-14)9-8-19-15(21)11-5-3-6-11/h1-2,4,7,10-11H,3,5-6,8-9H2,(H,19,21)/b14-10-. The van der Waals surface area contributed by atoms with Gasteiger partial charge in [0.15, 0.2) is 0 Å².